The summed E-state index contributed by atoms with van der Waals surface area (Å²) in [7, 11) is 1.52. The third-order valence-electron chi connectivity index (χ3n) is 2.42. The highest BCUT2D eigenvalue weighted by molar-refractivity contribution is 7.71. The van der Waals surface area contributed by atoms with Gasteiger partial charge in [-0.15, -0.1) is 6.42 Å². The van der Waals surface area contributed by atoms with Crippen molar-refractivity contribution in [3.8, 4) is 23.8 Å². The minimum absolute atomic E-state index is 0.105. The molecule has 0 atom stereocenters. The smallest absolute Gasteiger partial charge is 0.216 e. The number of aromatic amines is 1. The molecule has 8 heteroatoms. The zero-order chi connectivity index (χ0) is 15.2. The van der Waals surface area contributed by atoms with E-state index in [9.17, 15) is 0 Å². The van der Waals surface area contributed by atoms with Crippen LogP contribution in [0.25, 0.3) is 0 Å². The summed E-state index contributed by atoms with van der Waals surface area (Å²) in [5, 5.41) is 10.9. The van der Waals surface area contributed by atoms with Crippen molar-refractivity contribution >= 4 is 30.0 Å². The van der Waals surface area contributed by atoms with E-state index in [1.54, 1.807) is 18.3 Å². The molecule has 0 amide bonds. The highest BCUT2D eigenvalue weighted by atomic mass is 35.5. The average molecular weight is 323 g/mol. The quantitative estimate of drug-likeness (QED) is 0.522. The van der Waals surface area contributed by atoms with Gasteiger partial charge in [-0.1, -0.05) is 17.5 Å². The van der Waals surface area contributed by atoms with Gasteiger partial charge >= 0.3 is 0 Å². The molecule has 0 unspecified atom stereocenters. The maximum atomic E-state index is 6.16. The van der Waals surface area contributed by atoms with E-state index >= 15 is 0 Å². The Morgan fingerprint density at radius 1 is 1.62 bits per heavy atom. The van der Waals surface area contributed by atoms with Crippen LogP contribution in [0.15, 0.2) is 23.6 Å². The number of ether oxygens (including phenoxy) is 2. The number of H-pyrrole nitrogens is 1. The second-order valence-corrected chi connectivity index (χ2v) is 4.57. The summed E-state index contributed by atoms with van der Waals surface area (Å²) in [6.45, 7) is 0.105. The van der Waals surface area contributed by atoms with E-state index in [1.165, 1.54) is 18.1 Å². The molecular formula is C13H11ClN4O2S. The van der Waals surface area contributed by atoms with E-state index in [0.717, 1.165) is 0 Å². The molecule has 0 aliphatic heterocycles. The van der Waals surface area contributed by atoms with E-state index < -0.39 is 0 Å². The lowest BCUT2D eigenvalue weighted by Gasteiger charge is -2.11. The van der Waals surface area contributed by atoms with Crippen LogP contribution in [0.3, 0.4) is 0 Å². The number of nitrogens with zero attached hydrogens (tertiary/aromatic N) is 3. The lowest BCUT2D eigenvalue weighted by molar-refractivity contribution is 0.331. The number of halogens is 1. The molecule has 0 radical (unpaired) electrons. The van der Waals surface area contributed by atoms with Gasteiger partial charge in [-0.05, 0) is 29.9 Å². The molecular weight excluding hydrogens is 312 g/mol. The Morgan fingerprint density at radius 2 is 2.43 bits per heavy atom. The molecule has 1 aromatic heterocycles. The predicted octanol–water partition coefficient (Wildman–Crippen LogP) is 2.50. The molecule has 0 saturated heterocycles. The molecule has 108 valence electrons. The van der Waals surface area contributed by atoms with Gasteiger partial charge in [0.25, 0.3) is 0 Å². The van der Waals surface area contributed by atoms with E-state index in [1.807, 2.05) is 0 Å². The maximum Gasteiger partial charge on any atom is 0.216 e. The number of terminal acetylenes is 1. The van der Waals surface area contributed by atoms with Crippen LogP contribution >= 0.6 is 23.8 Å². The van der Waals surface area contributed by atoms with Crippen molar-refractivity contribution in [1.82, 2.24) is 14.9 Å². The number of hydrogen-bond acceptors (Lipinski definition) is 5. The lowest BCUT2D eigenvalue weighted by atomic mass is 10.2. The van der Waals surface area contributed by atoms with Gasteiger partial charge in [0.05, 0.1) is 18.3 Å². The van der Waals surface area contributed by atoms with Gasteiger partial charge in [-0.3, -0.25) is 5.10 Å². The Balaban J connectivity index is 2.32. The Kier molecular flexibility index (Phi) is 4.98. The topological polar surface area (TPSA) is 64.4 Å². The first kappa shape index (κ1) is 15.1. The van der Waals surface area contributed by atoms with Gasteiger partial charge < -0.3 is 9.47 Å². The summed E-state index contributed by atoms with van der Waals surface area (Å²) in [5.74, 6) is 3.24. The Bertz CT molecular complexity index is 760. The number of rotatable bonds is 5. The van der Waals surface area contributed by atoms with Crippen molar-refractivity contribution in [2.24, 2.45) is 5.10 Å². The number of hydrogen-bond donors (Lipinski definition) is 1. The Labute approximate surface area is 131 Å². The minimum Gasteiger partial charge on any atom is -0.493 e. The first-order valence-electron chi connectivity index (χ1n) is 5.76. The van der Waals surface area contributed by atoms with Gasteiger partial charge in [-0.25, -0.2) is 0 Å². The van der Waals surface area contributed by atoms with Crippen LogP contribution in [0.5, 0.6) is 11.5 Å². The van der Waals surface area contributed by atoms with Crippen LogP contribution in [0.1, 0.15) is 5.56 Å². The van der Waals surface area contributed by atoms with Gasteiger partial charge in [-0.2, -0.15) is 14.9 Å². The summed E-state index contributed by atoms with van der Waals surface area (Å²) in [4.78, 5) is 0. The average Bonchev–Trinajstić information content (AvgIpc) is 2.88. The molecule has 1 heterocycles. The molecule has 0 bridgehead atoms. The van der Waals surface area contributed by atoms with Crippen LogP contribution in [0.2, 0.25) is 5.02 Å². The summed E-state index contributed by atoms with van der Waals surface area (Å²) < 4.78 is 12.4. The van der Waals surface area contributed by atoms with Crippen molar-refractivity contribution in [2.75, 3.05) is 13.7 Å². The monoisotopic (exact) mass is 322 g/mol. The first-order valence-corrected chi connectivity index (χ1v) is 6.54. The lowest BCUT2D eigenvalue weighted by Crippen LogP contribution is -1.99. The fourth-order valence-corrected chi connectivity index (χ4v) is 1.94. The van der Waals surface area contributed by atoms with Crippen LogP contribution in [0.4, 0.5) is 0 Å². The maximum absolute atomic E-state index is 6.16. The molecule has 0 saturated carbocycles. The van der Waals surface area contributed by atoms with Crippen molar-refractivity contribution in [3.05, 3.63) is 33.8 Å². The van der Waals surface area contributed by atoms with Crippen LogP contribution in [-0.4, -0.2) is 34.8 Å². The van der Waals surface area contributed by atoms with E-state index in [4.69, 9.17) is 39.7 Å². The zero-order valence-corrected chi connectivity index (χ0v) is 12.6. The molecule has 0 fully saturated rings. The second kappa shape index (κ2) is 6.92. The van der Waals surface area contributed by atoms with Crippen molar-refractivity contribution in [3.63, 3.8) is 0 Å². The van der Waals surface area contributed by atoms with E-state index in [0.29, 0.717) is 26.9 Å². The highest BCUT2D eigenvalue weighted by Gasteiger charge is 2.11. The van der Waals surface area contributed by atoms with E-state index in [-0.39, 0.29) is 6.61 Å². The van der Waals surface area contributed by atoms with Crippen LogP contribution in [0, 0.1) is 17.1 Å². The van der Waals surface area contributed by atoms with Gasteiger partial charge in [0.1, 0.15) is 12.9 Å². The second-order valence-electron chi connectivity index (χ2n) is 3.78. The minimum atomic E-state index is 0.105. The third-order valence-corrected chi connectivity index (χ3v) is 2.98. The van der Waals surface area contributed by atoms with E-state index in [2.05, 4.69) is 21.2 Å². The Hall–Kier alpha value is -2.30. The number of methoxy groups -OCH3 is 1. The van der Waals surface area contributed by atoms with Gasteiger partial charge in [0, 0.05) is 0 Å². The number of benzene rings is 1. The Morgan fingerprint density at radius 3 is 3.05 bits per heavy atom. The predicted molar refractivity (Wildman–Crippen MR) is 82.7 cm³/mol. The zero-order valence-electron chi connectivity index (χ0n) is 11.0. The first-order chi connectivity index (χ1) is 10.2. The largest absolute Gasteiger partial charge is 0.493 e. The standard InChI is InChI=1S/C13H11ClN4O2S/c1-3-4-20-12-10(14)5-9(6-11(12)19-2)7-16-18-8-15-17-13(18)21/h1,5-8H,4H2,2H3,(H,17,21)/b16-7-. The van der Waals surface area contributed by atoms with Gasteiger partial charge in [0.2, 0.25) is 4.77 Å². The van der Waals surface area contributed by atoms with Gasteiger partial charge in [0.15, 0.2) is 11.5 Å². The van der Waals surface area contributed by atoms with Crippen molar-refractivity contribution in [1.29, 1.82) is 0 Å². The SMILES string of the molecule is C#CCOc1c(Cl)cc(/C=N\n2cn[nH]c2=S)cc1OC. The van der Waals surface area contributed by atoms with Crippen LogP contribution < -0.4 is 9.47 Å². The van der Waals surface area contributed by atoms with Crippen LogP contribution in [-0.2, 0) is 0 Å². The molecule has 1 N–H and O–H groups in total. The third kappa shape index (κ3) is 3.62. The number of aromatic nitrogens is 3. The summed E-state index contributed by atoms with van der Waals surface area (Å²) in [6, 6.07) is 3.41. The fourth-order valence-electron chi connectivity index (χ4n) is 1.52. The molecule has 2 aromatic rings. The summed E-state index contributed by atoms with van der Waals surface area (Å²) in [5.41, 5.74) is 0.716. The molecule has 2 rings (SSSR count). The summed E-state index contributed by atoms with van der Waals surface area (Å²) in [6.07, 6.45) is 8.20. The molecule has 0 aliphatic rings. The fraction of sp³-hybridized carbons (Fsp3) is 0.154. The highest BCUT2D eigenvalue weighted by Crippen LogP contribution is 2.35. The van der Waals surface area contributed by atoms with Crippen molar-refractivity contribution in [2.45, 2.75) is 0 Å². The molecule has 0 aliphatic carbocycles. The van der Waals surface area contributed by atoms with Crippen molar-refractivity contribution < 1.29 is 9.47 Å². The normalized spacial score (nSPS) is 10.5. The molecule has 21 heavy (non-hydrogen) atoms. The summed E-state index contributed by atoms with van der Waals surface area (Å²) >= 11 is 11.1. The number of nitrogens with one attached hydrogen (secondary N) is 1. The molecule has 0 spiro atoms. The molecule has 1 aromatic carbocycles. The molecule has 6 nitrogen and oxygen atoms in total.